The number of carbonyl (C=O) groups is 1. The van der Waals surface area contributed by atoms with E-state index in [0.717, 1.165) is 36.3 Å². The van der Waals surface area contributed by atoms with Crippen molar-refractivity contribution in [1.82, 2.24) is 9.80 Å². The average molecular weight is 481 g/mol. The molecule has 0 aromatic heterocycles. The van der Waals surface area contributed by atoms with Crippen molar-refractivity contribution in [1.29, 1.82) is 0 Å². The van der Waals surface area contributed by atoms with Crippen molar-refractivity contribution in [3.63, 3.8) is 0 Å². The summed E-state index contributed by atoms with van der Waals surface area (Å²) < 4.78 is 19.5. The Morgan fingerprint density at radius 1 is 0.971 bits per heavy atom. The van der Waals surface area contributed by atoms with Crippen molar-refractivity contribution in [3.8, 4) is 0 Å². The second kappa shape index (κ2) is 11.6. The highest BCUT2D eigenvalue weighted by atomic mass is 35.5. The lowest BCUT2D eigenvalue weighted by molar-refractivity contribution is -0.132. The molecule has 1 heterocycles. The third kappa shape index (κ3) is 6.89. The van der Waals surface area contributed by atoms with Crippen LogP contribution in [0.25, 0.3) is 0 Å². The minimum atomic E-state index is -0.287. The normalized spacial score (nSPS) is 15.3. The van der Waals surface area contributed by atoms with Gasteiger partial charge in [0, 0.05) is 37.7 Å². The summed E-state index contributed by atoms with van der Waals surface area (Å²) in [5, 5.41) is 0.703. The fourth-order valence-corrected chi connectivity index (χ4v) is 4.36. The third-order valence-corrected chi connectivity index (χ3v) is 6.45. The van der Waals surface area contributed by atoms with Crippen LogP contribution in [0.5, 0.6) is 0 Å². The number of aryl methyl sites for hydroxylation is 1. The lowest BCUT2D eigenvalue weighted by Crippen LogP contribution is -2.50. The second-order valence-electron chi connectivity index (χ2n) is 8.82. The van der Waals surface area contributed by atoms with Gasteiger partial charge in [0.1, 0.15) is 5.82 Å². The number of nitrogens with zero attached hydrogens (tertiary/aromatic N) is 2. The van der Waals surface area contributed by atoms with E-state index in [1.165, 1.54) is 17.7 Å². The van der Waals surface area contributed by atoms with Gasteiger partial charge in [0.25, 0.3) is 0 Å². The largest absolute Gasteiger partial charge is 0.368 e. The van der Waals surface area contributed by atoms with E-state index in [1.807, 2.05) is 35.2 Å². The summed E-state index contributed by atoms with van der Waals surface area (Å²) in [4.78, 5) is 16.9. The maximum atomic E-state index is 13.1. The van der Waals surface area contributed by atoms with Crippen LogP contribution in [0.1, 0.15) is 28.4 Å². The van der Waals surface area contributed by atoms with Gasteiger partial charge >= 0.3 is 0 Å². The zero-order chi connectivity index (χ0) is 23.9. The maximum absolute atomic E-state index is 13.1. The van der Waals surface area contributed by atoms with E-state index in [2.05, 4.69) is 30.0 Å². The van der Waals surface area contributed by atoms with Crippen molar-refractivity contribution in [2.45, 2.75) is 26.1 Å². The van der Waals surface area contributed by atoms with Gasteiger partial charge in [-0.2, -0.15) is 0 Å². The Morgan fingerprint density at radius 3 is 2.35 bits per heavy atom. The van der Waals surface area contributed by atoms with Crippen molar-refractivity contribution in [2.24, 2.45) is 0 Å². The molecule has 34 heavy (non-hydrogen) atoms. The van der Waals surface area contributed by atoms with Gasteiger partial charge < -0.3 is 9.64 Å². The summed E-state index contributed by atoms with van der Waals surface area (Å²) in [6.07, 6.45) is 0.201. The summed E-state index contributed by atoms with van der Waals surface area (Å²) >= 11 is 6.10. The number of hydrogen-bond donors (Lipinski definition) is 0. The summed E-state index contributed by atoms with van der Waals surface area (Å²) in [7, 11) is 0. The van der Waals surface area contributed by atoms with E-state index in [1.54, 1.807) is 12.1 Å². The van der Waals surface area contributed by atoms with E-state index in [0.29, 0.717) is 31.1 Å². The van der Waals surface area contributed by atoms with Crippen LogP contribution in [0.4, 0.5) is 4.39 Å². The van der Waals surface area contributed by atoms with Gasteiger partial charge in [-0.25, -0.2) is 4.39 Å². The van der Waals surface area contributed by atoms with Crippen molar-refractivity contribution < 1.29 is 13.9 Å². The van der Waals surface area contributed by atoms with E-state index in [4.69, 9.17) is 16.3 Å². The Morgan fingerprint density at radius 2 is 1.68 bits per heavy atom. The predicted molar refractivity (Wildman–Crippen MR) is 133 cm³/mol. The zero-order valence-corrected chi connectivity index (χ0v) is 20.2. The average Bonchev–Trinajstić information content (AvgIpc) is 2.84. The topological polar surface area (TPSA) is 32.8 Å². The summed E-state index contributed by atoms with van der Waals surface area (Å²) in [6, 6.07) is 22.3. The first kappa shape index (κ1) is 24.4. The molecular weight excluding hydrogens is 451 g/mol. The van der Waals surface area contributed by atoms with Crippen LogP contribution >= 0.6 is 11.6 Å². The van der Waals surface area contributed by atoms with Crippen LogP contribution < -0.4 is 0 Å². The van der Waals surface area contributed by atoms with Crippen molar-refractivity contribution >= 4 is 17.5 Å². The van der Waals surface area contributed by atoms with Gasteiger partial charge in [0.2, 0.25) is 5.91 Å². The standard InChI is InChI=1S/C28H30ClFN2O2/c1-21-3-2-4-23(17-21)20-34-27(24-7-9-25(29)10-8-24)19-31-13-15-32(16-14-31)28(33)18-22-5-11-26(30)12-6-22/h2-12,17,27H,13-16,18-20H2,1H3/t27-/m1/s1. The molecule has 1 fully saturated rings. The van der Waals surface area contributed by atoms with Crippen LogP contribution in [0, 0.1) is 12.7 Å². The van der Waals surface area contributed by atoms with Gasteiger partial charge in [0.15, 0.2) is 0 Å². The van der Waals surface area contributed by atoms with Crippen LogP contribution in [0.15, 0.2) is 72.8 Å². The first-order valence-corrected chi connectivity index (χ1v) is 12.0. The number of piperazine rings is 1. The van der Waals surface area contributed by atoms with E-state index >= 15 is 0 Å². The molecule has 1 aliphatic rings. The quantitative estimate of drug-likeness (QED) is 0.431. The maximum Gasteiger partial charge on any atom is 0.227 e. The molecule has 3 aromatic carbocycles. The Bertz CT molecular complexity index is 1080. The molecular formula is C28H30ClFN2O2. The van der Waals surface area contributed by atoms with Crippen LogP contribution in [-0.4, -0.2) is 48.4 Å². The van der Waals surface area contributed by atoms with Gasteiger partial charge in [0.05, 0.1) is 19.1 Å². The van der Waals surface area contributed by atoms with E-state index in [9.17, 15) is 9.18 Å². The molecule has 4 nitrogen and oxygen atoms in total. The Labute approximate surface area is 205 Å². The third-order valence-electron chi connectivity index (χ3n) is 6.19. The lowest BCUT2D eigenvalue weighted by Gasteiger charge is -2.36. The number of carbonyl (C=O) groups excluding carboxylic acids is 1. The molecule has 4 rings (SSSR count). The molecule has 1 amide bonds. The molecule has 3 aromatic rings. The molecule has 6 heteroatoms. The number of hydrogen-bond acceptors (Lipinski definition) is 3. The highest BCUT2D eigenvalue weighted by Gasteiger charge is 2.24. The van der Waals surface area contributed by atoms with E-state index in [-0.39, 0.29) is 17.8 Å². The number of halogens is 2. The number of amides is 1. The molecule has 0 saturated carbocycles. The van der Waals surface area contributed by atoms with Gasteiger partial charge in [-0.15, -0.1) is 0 Å². The molecule has 0 radical (unpaired) electrons. The first-order valence-electron chi connectivity index (χ1n) is 11.6. The molecule has 0 unspecified atom stereocenters. The summed E-state index contributed by atoms with van der Waals surface area (Å²) in [5.41, 5.74) is 4.29. The molecule has 0 bridgehead atoms. The number of ether oxygens (including phenoxy) is 1. The molecule has 1 aliphatic heterocycles. The molecule has 0 spiro atoms. The van der Waals surface area contributed by atoms with E-state index < -0.39 is 0 Å². The van der Waals surface area contributed by atoms with Crippen LogP contribution in [0.2, 0.25) is 5.02 Å². The summed E-state index contributed by atoms with van der Waals surface area (Å²) in [5.74, 6) is -0.208. The first-order chi connectivity index (χ1) is 16.5. The van der Waals surface area contributed by atoms with Gasteiger partial charge in [-0.05, 0) is 47.9 Å². The highest BCUT2D eigenvalue weighted by Crippen LogP contribution is 2.23. The lowest BCUT2D eigenvalue weighted by atomic mass is 10.1. The van der Waals surface area contributed by atoms with Gasteiger partial charge in [-0.1, -0.05) is 65.7 Å². The molecule has 0 aliphatic carbocycles. The fraction of sp³-hybridized carbons (Fsp3) is 0.321. The van der Waals surface area contributed by atoms with Crippen molar-refractivity contribution in [2.75, 3.05) is 32.7 Å². The minimum absolute atomic E-state index is 0.0798. The monoisotopic (exact) mass is 480 g/mol. The Hall–Kier alpha value is -2.73. The Kier molecular flexibility index (Phi) is 8.33. The van der Waals surface area contributed by atoms with Crippen molar-refractivity contribution in [3.05, 3.63) is 106 Å². The minimum Gasteiger partial charge on any atom is -0.368 e. The molecule has 0 N–H and O–H groups in total. The van der Waals surface area contributed by atoms with Crippen LogP contribution in [-0.2, 0) is 22.6 Å². The highest BCUT2D eigenvalue weighted by molar-refractivity contribution is 6.30. The molecule has 178 valence electrons. The smallest absolute Gasteiger partial charge is 0.227 e. The zero-order valence-electron chi connectivity index (χ0n) is 19.4. The number of benzene rings is 3. The predicted octanol–water partition coefficient (Wildman–Crippen LogP) is 5.43. The SMILES string of the molecule is Cc1cccc(CO[C@H](CN2CCN(C(=O)Cc3ccc(F)cc3)CC2)c2ccc(Cl)cc2)c1. The van der Waals surface area contributed by atoms with Gasteiger partial charge in [-0.3, -0.25) is 9.69 Å². The molecule has 1 saturated heterocycles. The Balaban J connectivity index is 1.34. The fourth-order valence-electron chi connectivity index (χ4n) is 4.23. The molecule has 1 atom stereocenters. The second-order valence-corrected chi connectivity index (χ2v) is 9.26. The number of rotatable bonds is 8. The van der Waals surface area contributed by atoms with Crippen LogP contribution in [0.3, 0.4) is 0 Å². The summed E-state index contributed by atoms with van der Waals surface area (Å²) in [6.45, 7) is 6.27.